The Morgan fingerprint density at radius 2 is 2.18 bits per heavy atom. The Balaban J connectivity index is 1.89. The van der Waals surface area contributed by atoms with E-state index in [9.17, 15) is 9.90 Å². The van der Waals surface area contributed by atoms with Crippen LogP contribution in [0.3, 0.4) is 0 Å². The average molecular weight is 240 g/mol. The summed E-state index contributed by atoms with van der Waals surface area (Å²) >= 11 is 0. The maximum absolute atomic E-state index is 12.1. The first-order valence-electron chi connectivity index (χ1n) is 6.75. The number of carbonyl (C=O) groups excluding carboxylic acids is 1. The summed E-state index contributed by atoms with van der Waals surface area (Å²) in [7, 11) is 0. The van der Waals surface area contributed by atoms with Gasteiger partial charge in [0.25, 0.3) is 0 Å². The topological polar surface area (TPSA) is 52.6 Å². The number of rotatable bonds is 3. The van der Waals surface area contributed by atoms with Crippen molar-refractivity contribution in [2.45, 2.75) is 32.8 Å². The SMILES string of the molecule is CC(C)C[C@@H]1CN(C(=O)C2CNC2)CC[C@H]1O. The molecule has 2 rings (SSSR count). The van der Waals surface area contributed by atoms with E-state index in [0.29, 0.717) is 5.92 Å². The summed E-state index contributed by atoms with van der Waals surface area (Å²) in [6, 6.07) is 0. The summed E-state index contributed by atoms with van der Waals surface area (Å²) in [5.74, 6) is 1.31. The normalized spacial score (nSPS) is 30.5. The van der Waals surface area contributed by atoms with Crippen LogP contribution in [0.15, 0.2) is 0 Å². The van der Waals surface area contributed by atoms with Gasteiger partial charge in [-0.2, -0.15) is 0 Å². The summed E-state index contributed by atoms with van der Waals surface area (Å²) in [6.45, 7) is 7.46. The van der Waals surface area contributed by atoms with Crippen molar-refractivity contribution in [1.29, 1.82) is 0 Å². The van der Waals surface area contributed by atoms with E-state index >= 15 is 0 Å². The summed E-state index contributed by atoms with van der Waals surface area (Å²) in [6.07, 6.45) is 1.53. The molecule has 0 aromatic rings. The second-order valence-corrected chi connectivity index (χ2v) is 5.89. The molecule has 4 heteroatoms. The van der Waals surface area contributed by atoms with Crippen LogP contribution < -0.4 is 5.32 Å². The second kappa shape index (κ2) is 5.36. The molecule has 2 saturated heterocycles. The highest BCUT2D eigenvalue weighted by Gasteiger charge is 2.35. The van der Waals surface area contributed by atoms with E-state index in [0.717, 1.165) is 39.0 Å². The van der Waals surface area contributed by atoms with Crippen LogP contribution in [0.1, 0.15) is 26.7 Å². The van der Waals surface area contributed by atoms with E-state index in [1.807, 2.05) is 4.90 Å². The Labute approximate surface area is 103 Å². The molecule has 0 aromatic carbocycles. The lowest BCUT2D eigenvalue weighted by atomic mass is 9.86. The molecule has 0 radical (unpaired) electrons. The fourth-order valence-corrected chi connectivity index (χ4v) is 2.78. The quantitative estimate of drug-likeness (QED) is 0.753. The van der Waals surface area contributed by atoms with E-state index in [1.54, 1.807) is 0 Å². The van der Waals surface area contributed by atoms with Crippen LogP contribution in [-0.4, -0.2) is 48.2 Å². The van der Waals surface area contributed by atoms with Crippen molar-refractivity contribution < 1.29 is 9.90 Å². The number of amides is 1. The number of hydrogen-bond acceptors (Lipinski definition) is 3. The van der Waals surface area contributed by atoms with Gasteiger partial charge in [0.15, 0.2) is 0 Å². The van der Waals surface area contributed by atoms with Crippen molar-refractivity contribution >= 4 is 5.91 Å². The van der Waals surface area contributed by atoms with Gasteiger partial charge in [0.05, 0.1) is 12.0 Å². The van der Waals surface area contributed by atoms with Gasteiger partial charge < -0.3 is 15.3 Å². The standard InChI is InChI=1S/C13H24N2O2/c1-9(2)5-10-8-15(4-3-12(10)16)13(17)11-6-14-7-11/h9-12,14,16H,3-8H2,1-2H3/t10-,12-/m1/s1. The zero-order valence-corrected chi connectivity index (χ0v) is 10.9. The minimum absolute atomic E-state index is 0.185. The van der Waals surface area contributed by atoms with E-state index in [4.69, 9.17) is 0 Å². The molecule has 2 fully saturated rings. The van der Waals surface area contributed by atoms with Gasteiger partial charge in [-0.25, -0.2) is 0 Å². The Bertz CT molecular complexity index is 277. The maximum atomic E-state index is 12.1. The summed E-state index contributed by atoms with van der Waals surface area (Å²) < 4.78 is 0. The Kier molecular flexibility index (Phi) is 4.05. The van der Waals surface area contributed by atoms with Crippen LogP contribution in [0.5, 0.6) is 0 Å². The highest BCUT2D eigenvalue weighted by Crippen LogP contribution is 2.25. The maximum Gasteiger partial charge on any atom is 0.228 e. The molecular formula is C13H24N2O2. The third-order valence-electron chi connectivity index (χ3n) is 3.91. The molecule has 4 nitrogen and oxygen atoms in total. The number of hydrogen-bond donors (Lipinski definition) is 2. The first kappa shape index (κ1) is 12.8. The van der Waals surface area contributed by atoms with Crippen molar-refractivity contribution in [2.24, 2.45) is 17.8 Å². The fourth-order valence-electron chi connectivity index (χ4n) is 2.78. The van der Waals surface area contributed by atoms with Crippen LogP contribution >= 0.6 is 0 Å². The lowest BCUT2D eigenvalue weighted by molar-refractivity contribution is -0.141. The van der Waals surface area contributed by atoms with Crippen molar-refractivity contribution in [3.8, 4) is 0 Å². The number of aliphatic hydroxyl groups is 1. The molecule has 0 unspecified atom stereocenters. The lowest BCUT2D eigenvalue weighted by Crippen LogP contribution is -2.55. The number of nitrogens with zero attached hydrogens (tertiary/aromatic N) is 1. The van der Waals surface area contributed by atoms with Crippen molar-refractivity contribution in [2.75, 3.05) is 26.2 Å². The van der Waals surface area contributed by atoms with E-state index in [-0.39, 0.29) is 23.8 Å². The van der Waals surface area contributed by atoms with Gasteiger partial charge in [-0.15, -0.1) is 0 Å². The Morgan fingerprint density at radius 3 is 2.71 bits per heavy atom. The van der Waals surface area contributed by atoms with Crippen molar-refractivity contribution in [3.05, 3.63) is 0 Å². The van der Waals surface area contributed by atoms with Crippen LogP contribution in [0.25, 0.3) is 0 Å². The van der Waals surface area contributed by atoms with Crippen molar-refractivity contribution in [3.63, 3.8) is 0 Å². The molecule has 17 heavy (non-hydrogen) atoms. The Hall–Kier alpha value is -0.610. The third-order valence-corrected chi connectivity index (χ3v) is 3.91. The summed E-state index contributed by atoms with van der Waals surface area (Å²) in [5, 5.41) is 13.1. The lowest BCUT2D eigenvalue weighted by Gasteiger charge is -2.40. The third kappa shape index (κ3) is 2.99. The zero-order valence-electron chi connectivity index (χ0n) is 10.9. The number of aliphatic hydroxyl groups excluding tert-OH is 1. The predicted molar refractivity (Wildman–Crippen MR) is 66.5 cm³/mol. The highest BCUT2D eigenvalue weighted by atomic mass is 16.3. The fraction of sp³-hybridized carbons (Fsp3) is 0.923. The highest BCUT2D eigenvalue weighted by molar-refractivity contribution is 5.80. The average Bonchev–Trinajstić information content (AvgIpc) is 2.18. The van der Waals surface area contributed by atoms with Gasteiger partial charge >= 0.3 is 0 Å². The number of likely N-dealkylation sites (tertiary alicyclic amines) is 1. The molecule has 0 saturated carbocycles. The molecule has 1 amide bonds. The van der Waals surface area contributed by atoms with E-state index < -0.39 is 0 Å². The molecule has 0 aromatic heterocycles. The summed E-state index contributed by atoms with van der Waals surface area (Å²) in [5.41, 5.74) is 0. The molecule has 2 aliphatic rings. The monoisotopic (exact) mass is 240 g/mol. The van der Waals surface area contributed by atoms with Gasteiger partial charge in [-0.05, 0) is 18.8 Å². The molecule has 2 aliphatic heterocycles. The molecule has 2 heterocycles. The smallest absolute Gasteiger partial charge is 0.228 e. The number of carbonyl (C=O) groups is 1. The van der Waals surface area contributed by atoms with Gasteiger partial charge in [0.2, 0.25) is 5.91 Å². The minimum Gasteiger partial charge on any atom is -0.393 e. The van der Waals surface area contributed by atoms with Crippen LogP contribution in [0, 0.1) is 17.8 Å². The molecule has 0 spiro atoms. The van der Waals surface area contributed by atoms with Crippen LogP contribution in [-0.2, 0) is 4.79 Å². The Morgan fingerprint density at radius 1 is 1.47 bits per heavy atom. The molecule has 2 N–H and O–H groups in total. The minimum atomic E-state index is -0.221. The van der Waals surface area contributed by atoms with Crippen LogP contribution in [0.2, 0.25) is 0 Å². The van der Waals surface area contributed by atoms with E-state index in [2.05, 4.69) is 19.2 Å². The first-order valence-corrected chi connectivity index (χ1v) is 6.75. The van der Waals surface area contributed by atoms with Crippen molar-refractivity contribution in [1.82, 2.24) is 10.2 Å². The molecule has 98 valence electrons. The molecule has 0 aliphatic carbocycles. The van der Waals surface area contributed by atoms with Gasteiger partial charge in [-0.1, -0.05) is 13.8 Å². The summed E-state index contributed by atoms with van der Waals surface area (Å²) in [4.78, 5) is 14.1. The largest absolute Gasteiger partial charge is 0.393 e. The molecular weight excluding hydrogens is 216 g/mol. The van der Waals surface area contributed by atoms with Gasteiger partial charge in [0.1, 0.15) is 0 Å². The first-order chi connectivity index (χ1) is 8.08. The van der Waals surface area contributed by atoms with Gasteiger partial charge in [-0.3, -0.25) is 4.79 Å². The number of piperidine rings is 1. The molecule has 2 atom stereocenters. The predicted octanol–water partition coefficient (Wildman–Crippen LogP) is 0.461. The van der Waals surface area contributed by atoms with Gasteiger partial charge in [0, 0.05) is 32.1 Å². The second-order valence-electron chi connectivity index (χ2n) is 5.89. The van der Waals surface area contributed by atoms with Crippen LogP contribution in [0.4, 0.5) is 0 Å². The zero-order chi connectivity index (χ0) is 12.4. The number of nitrogens with one attached hydrogen (secondary N) is 1. The van der Waals surface area contributed by atoms with E-state index in [1.165, 1.54) is 0 Å². The molecule has 0 bridgehead atoms.